The van der Waals surface area contributed by atoms with Gasteiger partial charge in [0.25, 0.3) is 5.56 Å². The second-order valence-electron chi connectivity index (χ2n) is 6.09. The van der Waals surface area contributed by atoms with Gasteiger partial charge in [-0.3, -0.25) is 4.79 Å². The summed E-state index contributed by atoms with van der Waals surface area (Å²) < 4.78 is 13.9. The second-order valence-corrected chi connectivity index (χ2v) is 7.46. The number of H-pyrrole nitrogens is 1. The molecule has 1 aromatic heterocycles. The maximum absolute atomic E-state index is 13.9. The van der Waals surface area contributed by atoms with Crippen molar-refractivity contribution >= 4 is 23.4 Å². The monoisotopic (exact) mass is 388 g/mol. The lowest BCUT2D eigenvalue weighted by molar-refractivity contribution is 0.617. The average Bonchev–Trinajstić information content (AvgIpc) is 2.59. The molecule has 0 saturated carbocycles. The standard InChI is InChI=1S/C20H18ClFN2OS/c1-12-6-8-14(9-7-12)10-15-13(2)23-20(24-19(15)25)26-11-16-17(21)4-3-5-18(16)22/h3-9H,10-11H2,1-2H3,(H,23,24,25). The summed E-state index contributed by atoms with van der Waals surface area (Å²) in [5, 5.41) is 0.826. The molecule has 2 aromatic carbocycles. The molecular weight excluding hydrogens is 371 g/mol. The molecule has 0 atom stereocenters. The summed E-state index contributed by atoms with van der Waals surface area (Å²) in [5.41, 5.74) is 3.79. The molecule has 26 heavy (non-hydrogen) atoms. The van der Waals surface area contributed by atoms with Gasteiger partial charge in [-0.2, -0.15) is 0 Å². The SMILES string of the molecule is Cc1ccc(Cc2c(C)nc(SCc3c(F)cccc3Cl)[nH]c2=O)cc1. The summed E-state index contributed by atoms with van der Waals surface area (Å²) in [4.78, 5) is 19.7. The normalized spacial score (nSPS) is 10.9. The molecule has 0 spiro atoms. The van der Waals surface area contributed by atoms with Crippen LogP contribution in [0.15, 0.2) is 52.4 Å². The minimum absolute atomic E-state index is 0.166. The van der Waals surface area contributed by atoms with Gasteiger partial charge < -0.3 is 4.98 Å². The van der Waals surface area contributed by atoms with Crippen LogP contribution in [0.1, 0.15) is 27.9 Å². The van der Waals surface area contributed by atoms with Gasteiger partial charge in [0.05, 0.1) is 0 Å². The first kappa shape index (κ1) is 18.7. The summed E-state index contributed by atoms with van der Waals surface area (Å²) in [7, 11) is 0. The van der Waals surface area contributed by atoms with E-state index in [1.54, 1.807) is 12.1 Å². The molecule has 3 nitrogen and oxygen atoms in total. The predicted molar refractivity (Wildman–Crippen MR) is 105 cm³/mol. The van der Waals surface area contributed by atoms with Crippen LogP contribution in [0.2, 0.25) is 5.02 Å². The molecule has 0 bridgehead atoms. The number of nitrogens with one attached hydrogen (secondary N) is 1. The van der Waals surface area contributed by atoms with Crippen LogP contribution in [-0.2, 0) is 12.2 Å². The largest absolute Gasteiger partial charge is 0.301 e. The van der Waals surface area contributed by atoms with Gasteiger partial charge in [-0.1, -0.05) is 59.3 Å². The Kier molecular flexibility index (Phi) is 5.79. The first-order valence-electron chi connectivity index (χ1n) is 8.15. The van der Waals surface area contributed by atoms with E-state index in [1.165, 1.54) is 23.4 Å². The highest BCUT2D eigenvalue weighted by molar-refractivity contribution is 7.98. The van der Waals surface area contributed by atoms with Crippen LogP contribution < -0.4 is 5.56 Å². The van der Waals surface area contributed by atoms with E-state index < -0.39 is 0 Å². The van der Waals surface area contributed by atoms with Crippen molar-refractivity contribution < 1.29 is 4.39 Å². The maximum Gasteiger partial charge on any atom is 0.255 e. The minimum Gasteiger partial charge on any atom is -0.301 e. The van der Waals surface area contributed by atoms with Gasteiger partial charge in [-0.25, -0.2) is 9.37 Å². The Balaban J connectivity index is 1.79. The summed E-state index contributed by atoms with van der Waals surface area (Å²) in [5.74, 6) is -0.0642. The van der Waals surface area contributed by atoms with Crippen molar-refractivity contribution in [3.8, 4) is 0 Å². The zero-order valence-corrected chi connectivity index (χ0v) is 16.0. The van der Waals surface area contributed by atoms with Crippen molar-refractivity contribution in [1.29, 1.82) is 0 Å². The van der Waals surface area contributed by atoms with E-state index in [4.69, 9.17) is 11.6 Å². The number of hydrogen-bond donors (Lipinski definition) is 1. The van der Waals surface area contributed by atoms with Crippen LogP contribution >= 0.6 is 23.4 Å². The molecule has 0 fully saturated rings. The van der Waals surface area contributed by atoms with Gasteiger partial charge in [-0.05, 0) is 31.5 Å². The molecule has 0 aliphatic carbocycles. The Morgan fingerprint density at radius 1 is 1.12 bits per heavy atom. The van der Waals surface area contributed by atoms with Crippen molar-refractivity contribution in [2.24, 2.45) is 0 Å². The lowest BCUT2D eigenvalue weighted by Gasteiger charge is -2.09. The van der Waals surface area contributed by atoms with Crippen LogP contribution in [0.3, 0.4) is 0 Å². The van der Waals surface area contributed by atoms with E-state index in [9.17, 15) is 9.18 Å². The van der Waals surface area contributed by atoms with Crippen LogP contribution in [0.4, 0.5) is 4.39 Å². The number of halogens is 2. The molecule has 6 heteroatoms. The number of thioether (sulfide) groups is 1. The minimum atomic E-state index is -0.361. The molecule has 0 radical (unpaired) electrons. The molecule has 0 saturated heterocycles. The fourth-order valence-corrected chi connectivity index (χ4v) is 3.83. The highest BCUT2D eigenvalue weighted by atomic mass is 35.5. The average molecular weight is 389 g/mol. The third-order valence-corrected chi connectivity index (χ3v) is 5.37. The Morgan fingerprint density at radius 3 is 2.50 bits per heavy atom. The molecule has 0 aliphatic heterocycles. The van der Waals surface area contributed by atoms with Crippen LogP contribution in [0, 0.1) is 19.7 Å². The van der Waals surface area contributed by atoms with Gasteiger partial charge in [-0.15, -0.1) is 0 Å². The van der Waals surface area contributed by atoms with Crippen molar-refractivity contribution in [2.45, 2.75) is 31.2 Å². The lowest BCUT2D eigenvalue weighted by Crippen LogP contribution is -2.17. The Bertz CT molecular complexity index is 966. The van der Waals surface area contributed by atoms with Crippen LogP contribution in [0.5, 0.6) is 0 Å². The quantitative estimate of drug-likeness (QED) is 0.490. The molecule has 0 unspecified atom stereocenters. The molecule has 1 N–H and O–H groups in total. The molecule has 3 rings (SSSR count). The van der Waals surface area contributed by atoms with Gasteiger partial charge in [0.2, 0.25) is 0 Å². The summed E-state index contributed by atoms with van der Waals surface area (Å²) in [6, 6.07) is 12.6. The molecular formula is C20H18ClFN2OS. The summed E-state index contributed by atoms with van der Waals surface area (Å²) >= 11 is 7.30. The van der Waals surface area contributed by atoms with E-state index >= 15 is 0 Å². The van der Waals surface area contributed by atoms with E-state index in [2.05, 4.69) is 9.97 Å². The highest BCUT2D eigenvalue weighted by Crippen LogP contribution is 2.26. The Labute approximate surface area is 160 Å². The number of rotatable bonds is 5. The number of benzene rings is 2. The summed E-state index contributed by atoms with van der Waals surface area (Å²) in [6.45, 7) is 3.84. The fourth-order valence-electron chi connectivity index (χ4n) is 2.58. The number of aryl methyl sites for hydroxylation is 2. The zero-order chi connectivity index (χ0) is 18.7. The lowest BCUT2D eigenvalue weighted by atomic mass is 10.0. The van der Waals surface area contributed by atoms with Crippen molar-refractivity contribution in [3.05, 3.63) is 91.6 Å². The van der Waals surface area contributed by atoms with Gasteiger partial charge in [0.15, 0.2) is 5.16 Å². The molecule has 1 heterocycles. The van der Waals surface area contributed by atoms with E-state index in [0.29, 0.717) is 39.2 Å². The van der Waals surface area contributed by atoms with Crippen molar-refractivity contribution in [2.75, 3.05) is 0 Å². The molecule has 134 valence electrons. The van der Waals surface area contributed by atoms with E-state index in [0.717, 1.165) is 5.56 Å². The summed E-state index contributed by atoms with van der Waals surface area (Å²) in [6.07, 6.45) is 0.526. The van der Waals surface area contributed by atoms with E-state index in [-0.39, 0.29) is 11.4 Å². The molecule has 0 amide bonds. The topological polar surface area (TPSA) is 45.8 Å². The zero-order valence-electron chi connectivity index (χ0n) is 14.5. The van der Waals surface area contributed by atoms with Gasteiger partial charge in [0.1, 0.15) is 5.82 Å². The van der Waals surface area contributed by atoms with Crippen molar-refractivity contribution in [1.82, 2.24) is 9.97 Å². The number of aromatic amines is 1. The Morgan fingerprint density at radius 2 is 1.85 bits per heavy atom. The predicted octanol–water partition coefficient (Wildman–Crippen LogP) is 5.06. The fraction of sp³-hybridized carbons (Fsp3) is 0.200. The smallest absolute Gasteiger partial charge is 0.255 e. The number of aromatic nitrogens is 2. The first-order chi connectivity index (χ1) is 12.4. The Hall–Kier alpha value is -2.11. The number of hydrogen-bond acceptors (Lipinski definition) is 3. The third kappa shape index (κ3) is 4.34. The van der Waals surface area contributed by atoms with Gasteiger partial charge in [0, 0.05) is 34.0 Å². The third-order valence-electron chi connectivity index (χ3n) is 4.12. The molecule has 0 aliphatic rings. The van der Waals surface area contributed by atoms with E-state index in [1.807, 2.05) is 38.1 Å². The second kappa shape index (κ2) is 8.06. The maximum atomic E-state index is 13.9. The van der Waals surface area contributed by atoms with Crippen LogP contribution in [-0.4, -0.2) is 9.97 Å². The van der Waals surface area contributed by atoms with Crippen molar-refractivity contribution in [3.63, 3.8) is 0 Å². The highest BCUT2D eigenvalue weighted by Gasteiger charge is 2.12. The van der Waals surface area contributed by atoms with Crippen LogP contribution in [0.25, 0.3) is 0 Å². The molecule has 3 aromatic rings. The van der Waals surface area contributed by atoms with Gasteiger partial charge >= 0.3 is 0 Å². The first-order valence-corrected chi connectivity index (χ1v) is 9.51. The number of nitrogens with zero attached hydrogens (tertiary/aromatic N) is 1.